The van der Waals surface area contributed by atoms with Crippen molar-refractivity contribution in [3.63, 3.8) is 0 Å². The fourth-order valence-electron chi connectivity index (χ4n) is 2.72. The largest absolute Gasteiger partial charge is 0.469 e. The van der Waals surface area contributed by atoms with E-state index < -0.39 is 0 Å². The molecule has 3 unspecified atom stereocenters. The van der Waals surface area contributed by atoms with E-state index in [1.165, 1.54) is 7.11 Å². The second kappa shape index (κ2) is 8.02. The lowest BCUT2D eigenvalue weighted by Crippen LogP contribution is -2.34. The summed E-state index contributed by atoms with van der Waals surface area (Å²) in [6.07, 6.45) is 3.57. The first-order chi connectivity index (χ1) is 9.08. The Kier molecular flexibility index (Phi) is 6.67. The second-order valence-electron chi connectivity index (χ2n) is 5.23. The smallest absolute Gasteiger partial charge is 0.407 e. The lowest BCUT2D eigenvalue weighted by Gasteiger charge is -2.31. The maximum atomic E-state index is 11.6. The predicted molar refractivity (Wildman–Crippen MR) is 71.7 cm³/mol. The van der Waals surface area contributed by atoms with Gasteiger partial charge in [-0.1, -0.05) is 19.8 Å². The number of carbonyl (C=O) groups excluding carboxylic acids is 2. The van der Waals surface area contributed by atoms with Crippen LogP contribution in [-0.4, -0.2) is 32.3 Å². The Morgan fingerprint density at radius 3 is 2.74 bits per heavy atom. The highest BCUT2D eigenvalue weighted by molar-refractivity contribution is 5.72. The highest BCUT2D eigenvalue weighted by Gasteiger charge is 2.30. The zero-order chi connectivity index (χ0) is 14.3. The zero-order valence-electron chi connectivity index (χ0n) is 12.1. The molecule has 0 aromatic rings. The quantitative estimate of drug-likeness (QED) is 0.780. The molecule has 1 rings (SSSR count). The van der Waals surface area contributed by atoms with E-state index in [1.807, 2.05) is 0 Å². The molecule has 19 heavy (non-hydrogen) atoms. The summed E-state index contributed by atoms with van der Waals surface area (Å²) in [4.78, 5) is 22.8. The molecule has 110 valence electrons. The van der Waals surface area contributed by atoms with Crippen LogP contribution in [0, 0.1) is 17.8 Å². The molecular weight excluding hydrogens is 246 g/mol. The van der Waals surface area contributed by atoms with Crippen LogP contribution >= 0.6 is 0 Å². The van der Waals surface area contributed by atoms with E-state index in [2.05, 4.69) is 12.2 Å². The van der Waals surface area contributed by atoms with Gasteiger partial charge in [-0.25, -0.2) is 4.79 Å². The first-order valence-corrected chi connectivity index (χ1v) is 7.06. The van der Waals surface area contributed by atoms with Gasteiger partial charge in [0.2, 0.25) is 0 Å². The van der Waals surface area contributed by atoms with Crippen LogP contribution in [0.2, 0.25) is 0 Å². The summed E-state index contributed by atoms with van der Waals surface area (Å²) >= 11 is 0. The number of ether oxygens (including phenoxy) is 2. The van der Waals surface area contributed by atoms with Gasteiger partial charge in [-0.2, -0.15) is 0 Å². The van der Waals surface area contributed by atoms with Crippen LogP contribution in [0.15, 0.2) is 0 Å². The monoisotopic (exact) mass is 271 g/mol. The normalized spacial score (nSPS) is 24.4. The van der Waals surface area contributed by atoms with Gasteiger partial charge in [-0.05, 0) is 31.6 Å². The average molecular weight is 271 g/mol. The third kappa shape index (κ3) is 5.09. The molecule has 0 saturated heterocycles. The molecule has 0 aliphatic heterocycles. The van der Waals surface area contributed by atoms with Crippen molar-refractivity contribution < 1.29 is 19.1 Å². The number of amides is 1. The van der Waals surface area contributed by atoms with Gasteiger partial charge in [0, 0.05) is 6.54 Å². The van der Waals surface area contributed by atoms with Crippen LogP contribution in [0.25, 0.3) is 0 Å². The van der Waals surface area contributed by atoms with Crippen molar-refractivity contribution in [1.82, 2.24) is 5.32 Å². The first-order valence-electron chi connectivity index (χ1n) is 7.06. The molecule has 1 aliphatic carbocycles. The van der Waals surface area contributed by atoms with E-state index in [0.717, 1.165) is 25.7 Å². The molecule has 1 N–H and O–H groups in total. The van der Waals surface area contributed by atoms with Crippen LogP contribution in [-0.2, 0) is 14.3 Å². The molecule has 1 amide bonds. The number of rotatable bonds is 5. The molecule has 1 fully saturated rings. The number of methoxy groups -OCH3 is 1. The molecule has 3 atom stereocenters. The van der Waals surface area contributed by atoms with Crippen LogP contribution < -0.4 is 5.32 Å². The van der Waals surface area contributed by atoms with E-state index in [9.17, 15) is 9.59 Å². The molecule has 0 radical (unpaired) electrons. The van der Waals surface area contributed by atoms with Crippen LogP contribution in [0.3, 0.4) is 0 Å². The lowest BCUT2D eigenvalue weighted by molar-refractivity contribution is -0.147. The number of esters is 1. The van der Waals surface area contributed by atoms with E-state index in [4.69, 9.17) is 9.47 Å². The zero-order valence-corrected chi connectivity index (χ0v) is 12.1. The topological polar surface area (TPSA) is 64.6 Å². The van der Waals surface area contributed by atoms with Crippen molar-refractivity contribution >= 4 is 12.1 Å². The second-order valence-corrected chi connectivity index (χ2v) is 5.23. The number of nitrogens with one attached hydrogen (secondary N) is 1. The standard InChI is InChI=1S/C14H25NO4/c1-4-19-14(17)15-9-10(2)11-6-5-7-12(8-11)13(16)18-3/h10-12H,4-9H2,1-3H3,(H,15,17). The van der Waals surface area contributed by atoms with Crippen LogP contribution in [0.1, 0.15) is 39.5 Å². The van der Waals surface area contributed by atoms with Crippen LogP contribution in [0.5, 0.6) is 0 Å². The van der Waals surface area contributed by atoms with Gasteiger partial charge in [0.25, 0.3) is 0 Å². The van der Waals surface area contributed by atoms with Crippen molar-refractivity contribution in [2.75, 3.05) is 20.3 Å². The van der Waals surface area contributed by atoms with Gasteiger partial charge in [-0.3, -0.25) is 4.79 Å². The minimum absolute atomic E-state index is 0.0220. The molecule has 5 heteroatoms. The van der Waals surface area contributed by atoms with Gasteiger partial charge in [-0.15, -0.1) is 0 Å². The number of alkyl carbamates (subject to hydrolysis) is 1. The van der Waals surface area contributed by atoms with Crippen molar-refractivity contribution in [2.24, 2.45) is 17.8 Å². The number of hydrogen-bond donors (Lipinski definition) is 1. The third-order valence-corrected chi connectivity index (χ3v) is 3.90. The maximum absolute atomic E-state index is 11.6. The summed E-state index contributed by atoms with van der Waals surface area (Å²) in [5.41, 5.74) is 0. The number of hydrogen-bond acceptors (Lipinski definition) is 4. The fourth-order valence-corrected chi connectivity index (χ4v) is 2.72. The Morgan fingerprint density at radius 2 is 2.11 bits per heavy atom. The predicted octanol–water partition coefficient (Wildman–Crippen LogP) is 2.35. The van der Waals surface area contributed by atoms with Gasteiger partial charge in [0.15, 0.2) is 0 Å². The SMILES string of the molecule is CCOC(=O)NCC(C)C1CCCC(C(=O)OC)C1. The molecule has 0 bridgehead atoms. The van der Waals surface area contributed by atoms with Crippen LogP contribution in [0.4, 0.5) is 4.79 Å². The lowest BCUT2D eigenvalue weighted by atomic mass is 9.75. The van der Waals surface area contributed by atoms with Crippen molar-refractivity contribution in [3.05, 3.63) is 0 Å². The Bertz CT molecular complexity index is 306. The average Bonchev–Trinajstić information content (AvgIpc) is 2.44. The Hall–Kier alpha value is -1.26. The highest BCUT2D eigenvalue weighted by Crippen LogP contribution is 2.34. The summed E-state index contributed by atoms with van der Waals surface area (Å²) in [6.45, 7) is 4.87. The van der Waals surface area contributed by atoms with E-state index in [-0.39, 0.29) is 18.0 Å². The molecule has 0 aromatic heterocycles. The Morgan fingerprint density at radius 1 is 1.37 bits per heavy atom. The Balaban J connectivity index is 2.37. The van der Waals surface area contributed by atoms with Crippen molar-refractivity contribution in [1.29, 1.82) is 0 Å². The minimum Gasteiger partial charge on any atom is -0.469 e. The van der Waals surface area contributed by atoms with E-state index in [0.29, 0.717) is 25.0 Å². The van der Waals surface area contributed by atoms with Crippen molar-refractivity contribution in [3.8, 4) is 0 Å². The highest BCUT2D eigenvalue weighted by atomic mass is 16.5. The molecule has 0 aromatic carbocycles. The van der Waals surface area contributed by atoms with Gasteiger partial charge in [0.05, 0.1) is 19.6 Å². The van der Waals surface area contributed by atoms with Gasteiger partial charge in [0.1, 0.15) is 0 Å². The summed E-state index contributed by atoms with van der Waals surface area (Å²) < 4.78 is 9.65. The summed E-state index contributed by atoms with van der Waals surface area (Å²) in [7, 11) is 1.44. The van der Waals surface area contributed by atoms with Gasteiger partial charge >= 0.3 is 12.1 Å². The number of carbonyl (C=O) groups is 2. The van der Waals surface area contributed by atoms with E-state index >= 15 is 0 Å². The first kappa shape index (κ1) is 15.8. The fraction of sp³-hybridized carbons (Fsp3) is 0.857. The maximum Gasteiger partial charge on any atom is 0.407 e. The molecule has 0 heterocycles. The summed E-state index contributed by atoms with van der Waals surface area (Å²) in [5.74, 6) is 0.723. The third-order valence-electron chi connectivity index (χ3n) is 3.90. The molecule has 1 saturated carbocycles. The molecule has 1 aliphatic rings. The van der Waals surface area contributed by atoms with Crippen molar-refractivity contribution in [2.45, 2.75) is 39.5 Å². The minimum atomic E-state index is -0.366. The molecule has 5 nitrogen and oxygen atoms in total. The summed E-state index contributed by atoms with van der Waals surface area (Å²) in [6, 6.07) is 0. The molecule has 0 spiro atoms. The summed E-state index contributed by atoms with van der Waals surface area (Å²) in [5, 5.41) is 2.76. The van der Waals surface area contributed by atoms with Gasteiger partial charge < -0.3 is 14.8 Å². The van der Waals surface area contributed by atoms with E-state index in [1.54, 1.807) is 6.92 Å². The Labute approximate surface area is 115 Å². The molecular formula is C14H25NO4.